The lowest BCUT2D eigenvalue weighted by atomic mass is 10.2. The van der Waals surface area contributed by atoms with Crippen molar-refractivity contribution in [3.63, 3.8) is 0 Å². The Morgan fingerprint density at radius 2 is 2.14 bits per heavy atom. The number of aryl methyl sites for hydroxylation is 2. The molecule has 2 aromatic heterocycles. The molecule has 0 N–H and O–H groups in total. The fourth-order valence-electron chi connectivity index (χ4n) is 2.22. The molecule has 22 heavy (non-hydrogen) atoms. The van der Waals surface area contributed by atoms with Gasteiger partial charge in [0.05, 0.1) is 18.4 Å². The molecule has 0 saturated carbocycles. The van der Waals surface area contributed by atoms with Crippen molar-refractivity contribution in [1.29, 1.82) is 0 Å². The Morgan fingerprint density at radius 1 is 1.36 bits per heavy atom. The minimum Gasteiger partial charge on any atom is -0.336 e. The van der Waals surface area contributed by atoms with E-state index in [0.717, 1.165) is 30.0 Å². The maximum absolute atomic E-state index is 12.2. The van der Waals surface area contributed by atoms with Crippen molar-refractivity contribution in [2.24, 2.45) is 0 Å². The minimum absolute atomic E-state index is 0.0466. The molecule has 0 aliphatic heterocycles. The van der Waals surface area contributed by atoms with Gasteiger partial charge >= 0.3 is 0 Å². The molecular formula is C16H23N5O. The number of rotatable bonds is 6. The second-order valence-corrected chi connectivity index (χ2v) is 5.19. The summed E-state index contributed by atoms with van der Waals surface area (Å²) in [5, 5.41) is 8.65. The first-order valence-corrected chi connectivity index (χ1v) is 7.53. The molecule has 118 valence electrons. The van der Waals surface area contributed by atoms with E-state index >= 15 is 0 Å². The highest BCUT2D eigenvalue weighted by Gasteiger charge is 2.09. The van der Waals surface area contributed by atoms with Crippen LogP contribution in [0.5, 0.6) is 0 Å². The monoisotopic (exact) mass is 301 g/mol. The van der Waals surface area contributed by atoms with E-state index in [2.05, 4.69) is 10.2 Å². The number of hydrogen-bond donors (Lipinski definition) is 0. The Bertz CT molecular complexity index is 668. The standard InChI is InChI=1S/C16H23N5O/c1-5-20-10-9-15(18-20)12-19(4)16(22)8-7-14-11-17-21(6-2)13(14)3/h7-11H,5-6,12H2,1-4H3/b8-7+. The summed E-state index contributed by atoms with van der Waals surface area (Å²) in [6.45, 7) is 8.24. The molecule has 2 aromatic rings. The lowest BCUT2D eigenvalue weighted by molar-refractivity contribution is -0.125. The van der Waals surface area contributed by atoms with Crippen molar-refractivity contribution in [2.45, 2.75) is 40.4 Å². The molecule has 0 unspecified atom stereocenters. The molecule has 0 aliphatic rings. The second kappa shape index (κ2) is 7.06. The van der Waals surface area contributed by atoms with Gasteiger partial charge in [0.25, 0.3) is 0 Å². The Morgan fingerprint density at radius 3 is 2.73 bits per heavy atom. The third-order valence-electron chi connectivity index (χ3n) is 3.64. The third-order valence-corrected chi connectivity index (χ3v) is 3.64. The van der Waals surface area contributed by atoms with E-state index in [0.29, 0.717) is 6.54 Å². The Hall–Kier alpha value is -2.37. The Kier molecular flexibility index (Phi) is 5.14. The normalized spacial score (nSPS) is 11.3. The van der Waals surface area contributed by atoms with Crippen LogP contribution < -0.4 is 0 Å². The van der Waals surface area contributed by atoms with Gasteiger partial charge in [-0.15, -0.1) is 0 Å². The molecule has 0 spiro atoms. The van der Waals surface area contributed by atoms with Crippen molar-refractivity contribution < 1.29 is 4.79 Å². The maximum atomic E-state index is 12.2. The van der Waals surface area contributed by atoms with Crippen molar-refractivity contribution in [1.82, 2.24) is 24.5 Å². The van der Waals surface area contributed by atoms with Crippen molar-refractivity contribution >= 4 is 12.0 Å². The van der Waals surface area contributed by atoms with Gasteiger partial charge in [0.1, 0.15) is 0 Å². The first kappa shape index (κ1) is 16.0. The zero-order valence-electron chi connectivity index (χ0n) is 13.7. The van der Waals surface area contributed by atoms with E-state index in [4.69, 9.17) is 0 Å². The smallest absolute Gasteiger partial charge is 0.246 e. The molecule has 0 fully saturated rings. The van der Waals surface area contributed by atoms with Crippen LogP contribution in [0.25, 0.3) is 6.08 Å². The first-order chi connectivity index (χ1) is 10.5. The molecule has 6 nitrogen and oxygen atoms in total. The van der Waals surface area contributed by atoms with Gasteiger partial charge in [0.2, 0.25) is 5.91 Å². The van der Waals surface area contributed by atoms with Crippen LogP contribution in [0.15, 0.2) is 24.5 Å². The van der Waals surface area contributed by atoms with Crippen LogP contribution in [0.1, 0.15) is 30.8 Å². The maximum Gasteiger partial charge on any atom is 0.246 e. The fraction of sp³-hybridized carbons (Fsp3) is 0.438. The highest BCUT2D eigenvalue weighted by Crippen LogP contribution is 2.09. The van der Waals surface area contributed by atoms with E-state index < -0.39 is 0 Å². The number of hydrogen-bond acceptors (Lipinski definition) is 3. The molecule has 0 saturated heterocycles. The highest BCUT2D eigenvalue weighted by molar-refractivity contribution is 5.91. The summed E-state index contributed by atoms with van der Waals surface area (Å²) in [7, 11) is 1.78. The Balaban J connectivity index is 1.98. The number of amides is 1. The van der Waals surface area contributed by atoms with Gasteiger partial charge in [-0.2, -0.15) is 10.2 Å². The van der Waals surface area contributed by atoms with Crippen LogP contribution in [0, 0.1) is 6.92 Å². The molecule has 0 bridgehead atoms. The number of likely N-dealkylation sites (N-methyl/N-ethyl adjacent to an activating group) is 1. The Labute approximate surface area is 131 Å². The van der Waals surface area contributed by atoms with E-state index in [-0.39, 0.29) is 5.91 Å². The molecule has 6 heteroatoms. The van der Waals surface area contributed by atoms with Crippen LogP contribution in [-0.2, 0) is 24.4 Å². The second-order valence-electron chi connectivity index (χ2n) is 5.19. The molecule has 0 aromatic carbocycles. The lowest BCUT2D eigenvalue weighted by Gasteiger charge is -2.13. The quantitative estimate of drug-likeness (QED) is 0.768. The van der Waals surface area contributed by atoms with Crippen LogP contribution in [0.4, 0.5) is 0 Å². The van der Waals surface area contributed by atoms with Gasteiger partial charge in [0.15, 0.2) is 0 Å². The van der Waals surface area contributed by atoms with Crippen molar-refractivity contribution in [2.75, 3.05) is 7.05 Å². The van der Waals surface area contributed by atoms with Crippen LogP contribution in [0.3, 0.4) is 0 Å². The first-order valence-electron chi connectivity index (χ1n) is 7.53. The largest absolute Gasteiger partial charge is 0.336 e. The molecule has 2 rings (SSSR count). The van der Waals surface area contributed by atoms with Crippen LogP contribution in [0.2, 0.25) is 0 Å². The molecule has 2 heterocycles. The number of aromatic nitrogens is 4. The van der Waals surface area contributed by atoms with Crippen LogP contribution >= 0.6 is 0 Å². The van der Waals surface area contributed by atoms with Crippen molar-refractivity contribution in [3.05, 3.63) is 41.5 Å². The van der Waals surface area contributed by atoms with Crippen LogP contribution in [-0.4, -0.2) is 37.4 Å². The van der Waals surface area contributed by atoms with Gasteiger partial charge in [0, 0.05) is 43.7 Å². The number of carbonyl (C=O) groups excluding carboxylic acids is 1. The molecule has 0 atom stereocenters. The van der Waals surface area contributed by atoms with Gasteiger partial charge in [-0.05, 0) is 32.9 Å². The lowest BCUT2D eigenvalue weighted by Crippen LogP contribution is -2.24. The van der Waals surface area contributed by atoms with Crippen molar-refractivity contribution in [3.8, 4) is 0 Å². The summed E-state index contributed by atoms with van der Waals surface area (Å²) in [6, 6.07) is 1.94. The van der Waals surface area contributed by atoms with E-state index in [9.17, 15) is 4.79 Å². The van der Waals surface area contributed by atoms with Gasteiger partial charge in [-0.25, -0.2) is 0 Å². The summed E-state index contributed by atoms with van der Waals surface area (Å²) in [5.74, 6) is -0.0466. The fourth-order valence-corrected chi connectivity index (χ4v) is 2.22. The van der Waals surface area contributed by atoms with Gasteiger partial charge in [-0.1, -0.05) is 0 Å². The van der Waals surface area contributed by atoms with Gasteiger partial charge in [-0.3, -0.25) is 14.2 Å². The van der Waals surface area contributed by atoms with E-state index in [1.165, 1.54) is 0 Å². The molecular weight excluding hydrogens is 278 g/mol. The van der Waals surface area contributed by atoms with E-state index in [1.54, 1.807) is 24.2 Å². The third kappa shape index (κ3) is 3.63. The number of carbonyl (C=O) groups is 1. The number of nitrogens with zero attached hydrogens (tertiary/aromatic N) is 5. The average Bonchev–Trinajstić information content (AvgIpc) is 3.11. The predicted molar refractivity (Wildman–Crippen MR) is 86.0 cm³/mol. The zero-order valence-corrected chi connectivity index (χ0v) is 13.7. The average molecular weight is 301 g/mol. The predicted octanol–water partition coefficient (Wildman–Crippen LogP) is 2.10. The topological polar surface area (TPSA) is 56.0 Å². The minimum atomic E-state index is -0.0466. The van der Waals surface area contributed by atoms with E-state index in [1.807, 2.05) is 48.5 Å². The molecule has 0 radical (unpaired) electrons. The summed E-state index contributed by atoms with van der Waals surface area (Å²) in [4.78, 5) is 13.8. The summed E-state index contributed by atoms with van der Waals surface area (Å²) in [5.41, 5.74) is 2.93. The molecule has 0 aliphatic carbocycles. The zero-order chi connectivity index (χ0) is 16.1. The summed E-state index contributed by atoms with van der Waals surface area (Å²) >= 11 is 0. The molecule has 1 amide bonds. The highest BCUT2D eigenvalue weighted by atomic mass is 16.2. The summed E-state index contributed by atoms with van der Waals surface area (Å²) < 4.78 is 3.76. The van der Waals surface area contributed by atoms with Gasteiger partial charge < -0.3 is 4.90 Å². The SMILES string of the molecule is CCn1ccc(CN(C)C(=O)/C=C/c2cnn(CC)c2C)n1. The summed E-state index contributed by atoms with van der Waals surface area (Å²) in [6.07, 6.45) is 7.11.